The monoisotopic (exact) mass is 339 g/mol. The fourth-order valence-electron chi connectivity index (χ4n) is 1.84. The second kappa shape index (κ2) is 6.93. The Bertz CT molecular complexity index is 487. The number of nitrogens with zero attached hydrogens (tertiary/aromatic N) is 1. The molecule has 4 nitrogen and oxygen atoms in total. The number of carbonyl (C=O) groups excluding carboxylic acids is 1. The minimum atomic E-state index is -4.58. The number of hydrogen-bond acceptors (Lipinski definition) is 5. The molecule has 0 fully saturated rings. The summed E-state index contributed by atoms with van der Waals surface area (Å²) >= 11 is 1.17. The summed E-state index contributed by atoms with van der Waals surface area (Å²) in [6.45, 7) is 7.66. The number of halogens is 3. The molecule has 1 aromatic heterocycles. The fraction of sp³-hybridized carbons (Fsp3) is 0.714. The van der Waals surface area contributed by atoms with Crippen molar-refractivity contribution >= 4 is 17.7 Å². The van der Waals surface area contributed by atoms with E-state index in [9.17, 15) is 18.0 Å². The van der Waals surface area contributed by atoms with E-state index in [1.54, 1.807) is 13.8 Å². The average Bonchev–Trinajstić information content (AvgIpc) is 2.64. The Morgan fingerprint density at radius 2 is 1.91 bits per heavy atom. The molecule has 0 aliphatic heterocycles. The molecule has 1 atom stereocenters. The molecule has 0 aromatic carbocycles. The molecule has 8 heteroatoms. The highest BCUT2D eigenvalue weighted by atomic mass is 32.2. The Morgan fingerprint density at radius 1 is 1.32 bits per heavy atom. The molecule has 0 bridgehead atoms. The lowest BCUT2D eigenvalue weighted by Crippen LogP contribution is -2.44. The van der Waals surface area contributed by atoms with Gasteiger partial charge in [0.05, 0.1) is 11.4 Å². The van der Waals surface area contributed by atoms with Crippen molar-refractivity contribution in [2.24, 2.45) is 5.41 Å². The van der Waals surface area contributed by atoms with E-state index in [-0.39, 0.29) is 5.75 Å². The molecular formula is C14H20F3NO3S. The SMILES string of the molecule is Cc1noc(C)c1CSCC(=O)OC(C(C)(C)C)C(F)(F)F. The zero-order valence-electron chi connectivity index (χ0n) is 13.2. The van der Waals surface area contributed by atoms with Crippen LogP contribution >= 0.6 is 11.8 Å². The van der Waals surface area contributed by atoms with Crippen molar-refractivity contribution in [3.8, 4) is 0 Å². The number of carbonyl (C=O) groups is 1. The van der Waals surface area contributed by atoms with Gasteiger partial charge < -0.3 is 9.26 Å². The summed E-state index contributed by atoms with van der Waals surface area (Å²) < 4.78 is 48.4. The van der Waals surface area contributed by atoms with Crippen molar-refractivity contribution < 1.29 is 27.2 Å². The van der Waals surface area contributed by atoms with Gasteiger partial charge in [0.2, 0.25) is 6.10 Å². The second-order valence-corrected chi connectivity index (χ2v) is 7.06. The normalized spacial score (nSPS) is 14.0. The number of thioether (sulfide) groups is 1. The number of esters is 1. The molecule has 0 spiro atoms. The minimum absolute atomic E-state index is 0.160. The van der Waals surface area contributed by atoms with Crippen LogP contribution in [-0.2, 0) is 15.3 Å². The third-order valence-electron chi connectivity index (χ3n) is 2.98. The van der Waals surface area contributed by atoms with Crippen LogP contribution in [-0.4, -0.2) is 29.2 Å². The standard InChI is InChI=1S/C14H20F3NO3S/c1-8-10(9(2)21-18-8)6-22-7-11(19)20-12(13(3,4)5)14(15,16)17/h12H,6-7H2,1-5H3. The van der Waals surface area contributed by atoms with Crippen LogP contribution in [0.3, 0.4) is 0 Å². The Morgan fingerprint density at radius 3 is 2.32 bits per heavy atom. The van der Waals surface area contributed by atoms with Crippen molar-refractivity contribution in [1.82, 2.24) is 5.16 Å². The molecule has 0 amide bonds. The number of ether oxygens (including phenoxy) is 1. The Hall–Kier alpha value is -1.18. The summed E-state index contributed by atoms with van der Waals surface area (Å²) in [5, 5.41) is 3.77. The lowest BCUT2D eigenvalue weighted by molar-refractivity contribution is -0.243. The smallest absolute Gasteiger partial charge is 0.426 e. The van der Waals surface area contributed by atoms with Crippen LogP contribution in [0.15, 0.2) is 4.52 Å². The first-order valence-corrected chi connectivity index (χ1v) is 7.84. The van der Waals surface area contributed by atoms with Gasteiger partial charge in [0, 0.05) is 16.7 Å². The van der Waals surface area contributed by atoms with Gasteiger partial charge in [-0.05, 0) is 13.8 Å². The van der Waals surface area contributed by atoms with Crippen LogP contribution in [0.1, 0.15) is 37.8 Å². The molecule has 0 saturated heterocycles. The molecule has 0 saturated carbocycles. The van der Waals surface area contributed by atoms with E-state index in [1.807, 2.05) is 0 Å². The Balaban J connectivity index is 2.55. The quantitative estimate of drug-likeness (QED) is 0.758. The summed E-state index contributed by atoms with van der Waals surface area (Å²) in [6.07, 6.45) is -6.70. The second-order valence-electron chi connectivity index (χ2n) is 6.07. The van der Waals surface area contributed by atoms with E-state index >= 15 is 0 Å². The van der Waals surface area contributed by atoms with Crippen LogP contribution in [0.2, 0.25) is 0 Å². The number of aromatic nitrogens is 1. The van der Waals surface area contributed by atoms with Gasteiger partial charge in [-0.15, -0.1) is 11.8 Å². The lowest BCUT2D eigenvalue weighted by Gasteiger charge is -2.31. The van der Waals surface area contributed by atoms with Gasteiger partial charge in [-0.1, -0.05) is 25.9 Å². The van der Waals surface area contributed by atoms with Gasteiger partial charge in [-0.3, -0.25) is 4.79 Å². The van der Waals surface area contributed by atoms with Crippen LogP contribution < -0.4 is 0 Å². The highest BCUT2D eigenvalue weighted by Gasteiger charge is 2.49. The molecule has 0 radical (unpaired) electrons. The zero-order chi connectivity index (χ0) is 17.1. The molecule has 126 valence electrons. The van der Waals surface area contributed by atoms with Gasteiger partial charge >= 0.3 is 12.1 Å². The molecule has 0 N–H and O–H groups in total. The van der Waals surface area contributed by atoms with Crippen molar-refractivity contribution in [3.05, 3.63) is 17.0 Å². The molecule has 1 unspecified atom stereocenters. The fourth-order valence-corrected chi connectivity index (χ4v) is 2.80. The number of alkyl halides is 3. The van der Waals surface area contributed by atoms with E-state index in [0.29, 0.717) is 17.2 Å². The molecule has 1 rings (SSSR count). The number of rotatable bonds is 5. The van der Waals surface area contributed by atoms with Gasteiger partial charge in [0.15, 0.2) is 0 Å². The van der Waals surface area contributed by atoms with Crippen molar-refractivity contribution in [1.29, 1.82) is 0 Å². The highest BCUT2D eigenvalue weighted by molar-refractivity contribution is 7.99. The van der Waals surface area contributed by atoms with Gasteiger partial charge in [0.25, 0.3) is 0 Å². The summed E-state index contributed by atoms with van der Waals surface area (Å²) in [5.74, 6) is 0.0325. The van der Waals surface area contributed by atoms with E-state index in [4.69, 9.17) is 4.52 Å². The third kappa shape index (κ3) is 5.23. The van der Waals surface area contributed by atoms with Crippen LogP contribution in [0.5, 0.6) is 0 Å². The summed E-state index contributed by atoms with van der Waals surface area (Å²) in [6, 6.07) is 0. The van der Waals surface area contributed by atoms with Crippen LogP contribution in [0, 0.1) is 19.3 Å². The summed E-state index contributed by atoms with van der Waals surface area (Å²) in [5.41, 5.74) is 0.350. The Labute approximate surface area is 131 Å². The predicted molar refractivity (Wildman–Crippen MR) is 77.5 cm³/mol. The van der Waals surface area contributed by atoms with Crippen LogP contribution in [0.4, 0.5) is 13.2 Å². The van der Waals surface area contributed by atoms with Crippen molar-refractivity contribution in [2.75, 3.05) is 5.75 Å². The van der Waals surface area contributed by atoms with Crippen molar-refractivity contribution in [2.45, 2.75) is 52.7 Å². The molecule has 1 aromatic rings. The molecule has 22 heavy (non-hydrogen) atoms. The van der Waals surface area contributed by atoms with Crippen LogP contribution in [0.25, 0.3) is 0 Å². The molecule has 0 aliphatic rings. The van der Waals surface area contributed by atoms with E-state index in [2.05, 4.69) is 9.89 Å². The van der Waals surface area contributed by atoms with E-state index in [1.165, 1.54) is 32.5 Å². The van der Waals surface area contributed by atoms with Gasteiger partial charge in [-0.2, -0.15) is 13.2 Å². The zero-order valence-corrected chi connectivity index (χ0v) is 14.0. The summed E-state index contributed by atoms with van der Waals surface area (Å²) in [4.78, 5) is 11.7. The average molecular weight is 339 g/mol. The highest BCUT2D eigenvalue weighted by Crippen LogP contribution is 2.36. The molecular weight excluding hydrogens is 319 g/mol. The predicted octanol–water partition coefficient (Wildman–Crippen LogP) is 4.04. The largest absolute Gasteiger partial charge is 0.451 e. The van der Waals surface area contributed by atoms with Crippen molar-refractivity contribution in [3.63, 3.8) is 0 Å². The van der Waals surface area contributed by atoms with Gasteiger partial charge in [-0.25, -0.2) is 0 Å². The molecule has 0 aliphatic carbocycles. The maximum absolute atomic E-state index is 12.9. The number of hydrogen-bond donors (Lipinski definition) is 0. The first kappa shape index (κ1) is 18.9. The topological polar surface area (TPSA) is 52.3 Å². The van der Waals surface area contributed by atoms with E-state index < -0.39 is 23.7 Å². The maximum atomic E-state index is 12.9. The maximum Gasteiger partial charge on any atom is 0.426 e. The number of aryl methyl sites for hydroxylation is 2. The third-order valence-corrected chi connectivity index (χ3v) is 3.91. The Kier molecular flexibility index (Phi) is 5.95. The first-order chi connectivity index (χ1) is 9.93. The van der Waals surface area contributed by atoms with E-state index in [0.717, 1.165) is 5.56 Å². The first-order valence-electron chi connectivity index (χ1n) is 6.68. The summed E-state index contributed by atoms with van der Waals surface area (Å²) in [7, 11) is 0. The molecule has 1 heterocycles. The van der Waals surface area contributed by atoms with Gasteiger partial charge in [0.1, 0.15) is 5.76 Å². The lowest BCUT2D eigenvalue weighted by atomic mass is 9.88. The minimum Gasteiger partial charge on any atom is -0.451 e.